The zero-order valence-electron chi connectivity index (χ0n) is 12.0. The highest BCUT2D eigenvalue weighted by Crippen LogP contribution is 2.28. The number of ether oxygens (including phenoxy) is 1. The van der Waals surface area contributed by atoms with Gasteiger partial charge in [-0.05, 0) is 39.8 Å². The van der Waals surface area contributed by atoms with Crippen LogP contribution in [0.1, 0.15) is 36.7 Å². The molecule has 0 radical (unpaired) electrons. The number of hydrogen-bond acceptors (Lipinski definition) is 4. The quantitative estimate of drug-likeness (QED) is 0.779. The lowest BCUT2D eigenvalue weighted by atomic mass is 9.98. The first-order chi connectivity index (χ1) is 8.61. The van der Waals surface area contributed by atoms with Gasteiger partial charge in [-0.15, -0.1) is 0 Å². The molecular weight excluding hydrogens is 264 g/mol. The van der Waals surface area contributed by atoms with Gasteiger partial charge in [-0.3, -0.25) is 4.79 Å². The van der Waals surface area contributed by atoms with Crippen LogP contribution >= 0.6 is 0 Å². The van der Waals surface area contributed by atoms with Crippen LogP contribution in [0.2, 0.25) is 0 Å². The molecule has 0 saturated carbocycles. The Labute approximate surface area is 114 Å². The number of benzene rings is 1. The minimum atomic E-state index is -3.50. The maximum Gasteiger partial charge on any atom is 0.187 e. The van der Waals surface area contributed by atoms with Crippen molar-refractivity contribution in [3.8, 4) is 5.75 Å². The van der Waals surface area contributed by atoms with Crippen LogP contribution in [0.3, 0.4) is 0 Å². The Bertz CT molecular complexity index is 585. The van der Waals surface area contributed by atoms with Crippen molar-refractivity contribution in [1.29, 1.82) is 0 Å². The molecule has 0 bridgehead atoms. The number of Topliss-reactive ketones (excluding diaryl/α,β-unsaturated/α-hetero) is 1. The summed E-state index contributed by atoms with van der Waals surface area (Å²) in [6.45, 7) is 6.92. The lowest BCUT2D eigenvalue weighted by molar-refractivity contribution is 0.0950. The third-order valence-corrected chi connectivity index (χ3v) is 5.19. The molecule has 19 heavy (non-hydrogen) atoms. The molecule has 106 valence electrons. The Morgan fingerprint density at radius 1 is 1.32 bits per heavy atom. The highest BCUT2D eigenvalue weighted by atomic mass is 32.2. The number of carbonyl (C=O) groups is 1. The Morgan fingerprint density at radius 3 is 2.37 bits per heavy atom. The summed E-state index contributed by atoms with van der Waals surface area (Å²) < 4.78 is 27.5. The second kappa shape index (κ2) is 5.33. The zero-order chi connectivity index (χ0) is 14.8. The maximum atomic E-state index is 12.5. The number of aryl methyl sites for hydroxylation is 1. The van der Waals surface area contributed by atoms with Crippen molar-refractivity contribution < 1.29 is 17.9 Å². The van der Waals surface area contributed by atoms with Gasteiger partial charge in [-0.25, -0.2) is 8.42 Å². The van der Waals surface area contributed by atoms with Gasteiger partial charge >= 0.3 is 0 Å². The molecule has 0 aliphatic carbocycles. The number of rotatable bonds is 5. The van der Waals surface area contributed by atoms with E-state index in [2.05, 4.69) is 0 Å². The van der Waals surface area contributed by atoms with Gasteiger partial charge in [-0.1, -0.05) is 11.6 Å². The fourth-order valence-corrected chi connectivity index (χ4v) is 2.04. The van der Waals surface area contributed by atoms with Crippen LogP contribution in [0.5, 0.6) is 5.75 Å². The summed E-state index contributed by atoms with van der Waals surface area (Å²) in [4.78, 5) is 12.5. The van der Waals surface area contributed by atoms with Gasteiger partial charge in [0.15, 0.2) is 15.6 Å². The highest BCUT2D eigenvalue weighted by Gasteiger charge is 2.40. The summed E-state index contributed by atoms with van der Waals surface area (Å²) in [6, 6.07) is 5.19. The van der Waals surface area contributed by atoms with Crippen LogP contribution in [-0.2, 0) is 9.84 Å². The smallest absolute Gasteiger partial charge is 0.187 e. The molecule has 5 heteroatoms. The van der Waals surface area contributed by atoms with E-state index in [1.54, 1.807) is 12.1 Å². The first-order valence-corrected chi connectivity index (χ1v) is 7.98. The molecule has 0 aliphatic heterocycles. The summed E-state index contributed by atoms with van der Waals surface area (Å²) in [7, 11) is -3.50. The molecule has 0 N–H and O–H groups in total. The third kappa shape index (κ3) is 3.15. The molecule has 0 saturated heterocycles. The van der Waals surface area contributed by atoms with E-state index in [-0.39, 0.29) is 0 Å². The summed E-state index contributed by atoms with van der Waals surface area (Å²) in [5.41, 5.74) is 1.20. The predicted molar refractivity (Wildman–Crippen MR) is 75.6 cm³/mol. The second-order valence-corrected chi connectivity index (χ2v) is 7.61. The van der Waals surface area contributed by atoms with Crippen molar-refractivity contribution in [2.75, 3.05) is 12.9 Å². The summed E-state index contributed by atoms with van der Waals surface area (Å²) in [6.07, 6.45) is 1.07. The largest absolute Gasteiger partial charge is 0.493 e. The van der Waals surface area contributed by atoms with E-state index in [1.807, 2.05) is 19.9 Å². The van der Waals surface area contributed by atoms with Crippen LogP contribution in [0.15, 0.2) is 18.2 Å². The van der Waals surface area contributed by atoms with E-state index in [9.17, 15) is 13.2 Å². The molecule has 0 unspecified atom stereocenters. The number of ketones is 1. The lowest BCUT2D eigenvalue weighted by Gasteiger charge is -2.22. The van der Waals surface area contributed by atoms with Gasteiger partial charge in [0.2, 0.25) is 0 Å². The molecule has 0 aliphatic rings. The van der Waals surface area contributed by atoms with Crippen molar-refractivity contribution in [3.05, 3.63) is 29.3 Å². The summed E-state index contributed by atoms with van der Waals surface area (Å²) in [5.74, 6) is -0.0167. The van der Waals surface area contributed by atoms with E-state index in [4.69, 9.17) is 4.74 Å². The van der Waals surface area contributed by atoms with Crippen LogP contribution in [0.4, 0.5) is 0 Å². The van der Waals surface area contributed by atoms with Crippen LogP contribution in [0.25, 0.3) is 0 Å². The molecule has 0 fully saturated rings. The van der Waals surface area contributed by atoms with Crippen molar-refractivity contribution in [2.45, 2.75) is 32.4 Å². The first-order valence-electron chi connectivity index (χ1n) is 6.09. The second-order valence-electron chi connectivity index (χ2n) is 5.04. The van der Waals surface area contributed by atoms with E-state index >= 15 is 0 Å². The predicted octanol–water partition coefficient (Wildman–Crippen LogP) is 2.40. The van der Waals surface area contributed by atoms with E-state index in [1.165, 1.54) is 13.8 Å². The van der Waals surface area contributed by atoms with Crippen molar-refractivity contribution in [1.82, 2.24) is 0 Å². The van der Waals surface area contributed by atoms with Gasteiger partial charge in [0, 0.05) is 6.26 Å². The van der Waals surface area contributed by atoms with Gasteiger partial charge in [0.05, 0.1) is 12.2 Å². The molecule has 1 rings (SSSR count). The van der Waals surface area contributed by atoms with Gasteiger partial charge in [0.25, 0.3) is 0 Å². The normalized spacial score (nSPS) is 12.3. The van der Waals surface area contributed by atoms with Crippen molar-refractivity contribution in [3.63, 3.8) is 0 Å². The topological polar surface area (TPSA) is 60.4 Å². The molecule has 1 aromatic carbocycles. The van der Waals surface area contributed by atoms with Gasteiger partial charge < -0.3 is 4.74 Å². The van der Waals surface area contributed by atoms with Crippen molar-refractivity contribution in [2.24, 2.45) is 0 Å². The maximum absolute atomic E-state index is 12.5. The molecule has 0 aromatic heterocycles. The van der Waals surface area contributed by atoms with E-state index in [0.717, 1.165) is 11.8 Å². The monoisotopic (exact) mass is 284 g/mol. The molecule has 4 nitrogen and oxygen atoms in total. The zero-order valence-corrected chi connectivity index (χ0v) is 12.8. The van der Waals surface area contributed by atoms with Gasteiger partial charge in [-0.2, -0.15) is 0 Å². The summed E-state index contributed by atoms with van der Waals surface area (Å²) in [5, 5.41) is 0. The number of hydrogen-bond donors (Lipinski definition) is 0. The summed E-state index contributed by atoms with van der Waals surface area (Å²) >= 11 is 0. The van der Waals surface area contributed by atoms with Gasteiger partial charge in [0.1, 0.15) is 10.5 Å². The fraction of sp³-hybridized carbons (Fsp3) is 0.500. The standard InChI is InChI=1S/C14H20O4S/c1-6-18-12-8-7-10(2)9-11(12)13(15)14(3,4)19(5,16)17/h7-9H,6H2,1-5H3. The molecule has 1 aromatic rings. The first kappa shape index (κ1) is 15.7. The van der Waals surface area contributed by atoms with E-state index in [0.29, 0.717) is 17.9 Å². The Morgan fingerprint density at radius 2 is 1.89 bits per heavy atom. The number of carbonyl (C=O) groups excluding carboxylic acids is 1. The average molecular weight is 284 g/mol. The molecule has 0 heterocycles. The fourth-order valence-electron chi connectivity index (χ4n) is 1.60. The molecule has 0 atom stereocenters. The minimum absolute atomic E-state index is 0.317. The van der Waals surface area contributed by atoms with Crippen LogP contribution in [-0.4, -0.2) is 31.8 Å². The Hall–Kier alpha value is -1.36. The lowest BCUT2D eigenvalue weighted by Crippen LogP contribution is -2.40. The van der Waals surface area contributed by atoms with E-state index < -0.39 is 20.4 Å². The SMILES string of the molecule is CCOc1ccc(C)cc1C(=O)C(C)(C)S(C)(=O)=O. The Balaban J connectivity index is 3.37. The molecular formula is C14H20O4S. The van der Waals surface area contributed by atoms with Crippen molar-refractivity contribution >= 4 is 15.6 Å². The Kier molecular flexibility index (Phi) is 4.40. The minimum Gasteiger partial charge on any atom is -0.493 e. The molecule has 0 spiro atoms. The number of sulfone groups is 1. The third-order valence-electron chi connectivity index (χ3n) is 3.15. The van der Waals surface area contributed by atoms with Crippen LogP contribution in [0, 0.1) is 6.92 Å². The van der Waals surface area contributed by atoms with Crippen LogP contribution < -0.4 is 4.74 Å². The highest BCUT2D eigenvalue weighted by molar-refractivity contribution is 7.92. The average Bonchev–Trinajstić information content (AvgIpc) is 2.29. The molecule has 0 amide bonds.